The normalized spacial score (nSPS) is 17.9. The van der Waals surface area contributed by atoms with Gasteiger partial charge in [0, 0.05) is 14.2 Å². The second kappa shape index (κ2) is 8.45. The molecule has 0 aromatic heterocycles. The molecule has 0 aromatic rings. The molecule has 1 fully saturated rings. The Morgan fingerprint density at radius 1 is 1.20 bits per heavy atom. The first kappa shape index (κ1) is 17.2. The minimum absolute atomic E-state index is 0.130. The second-order valence-electron chi connectivity index (χ2n) is 4.79. The van der Waals surface area contributed by atoms with E-state index in [1.165, 1.54) is 40.4 Å². The van der Waals surface area contributed by atoms with E-state index >= 15 is 0 Å². The molecule has 0 heterocycles. The smallest absolute Gasteiger partial charge is 0.462 e. The first-order valence-corrected chi connectivity index (χ1v) is 8.21. The van der Waals surface area contributed by atoms with Crippen LogP contribution < -0.4 is 0 Å². The average molecular weight is 306 g/mol. The predicted molar refractivity (Wildman–Crippen MR) is 74.0 cm³/mol. The summed E-state index contributed by atoms with van der Waals surface area (Å²) < 4.78 is 31.1. The van der Waals surface area contributed by atoms with E-state index in [2.05, 4.69) is 9.05 Å². The van der Waals surface area contributed by atoms with Crippen LogP contribution in [-0.2, 0) is 27.7 Å². The number of allylic oxidation sites excluding steroid dienone is 1. The SMILES string of the molecule is COP(=O)(OC)O/C(C)=C/C(=O)OCC1CCCCC1. The van der Waals surface area contributed by atoms with Gasteiger partial charge in [-0.25, -0.2) is 9.36 Å². The van der Waals surface area contributed by atoms with E-state index in [0.29, 0.717) is 12.5 Å². The van der Waals surface area contributed by atoms with Gasteiger partial charge in [0.05, 0.1) is 12.7 Å². The number of esters is 1. The third kappa shape index (κ3) is 6.07. The van der Waals surface area contributed by atoms with Crippen molar-refractivity contribution in [3.8, 4) is 0 Å². The first-order valence-electron chi connectivity index (χ1n) is 6.75. The number of rotatable bonds is 7. The number of carbonyl (C=O) groups excluding carboxylic acids is 1. The van der Waals surface area contributed by atoms with Crippen LogP contribution in [-0.4, -0.2) is 26.8 Å². The molecule has 20 heavy (non-hydrogen) atoms. The molecule has 0 unspecified atom stereocenters. The highest BCUT2D eigenvalue weighted by Gasteiger charge is 2.24. The van der Waals surface area contributed by atoms with Crippen LogP contribution in [0.15, 0.2) is 11.8 Å². The van der Waals surface area contributed by atoms with Gasteiger partial charge in [0.1, 0.15) is 5.76 Å². The first-order chi connectivity index (χ1) is 9.49. The zero-order valence-corrected chi connectivity index (χ0v) is 13.2. The molecule has 0 saturated heterocycles. The van der Waals surface area contributed by atoms with Crippen molar-refractivity contribution in [2.24, 2.45) is 5.92 Å². The molecule has 0 aliphatic heterocycles. The number of hydrogen-bond acceptors (Lipinski definition) is 6. The fraction of sp³-hybridized carbons (Fsp3) is 0.769. The van der Waals surface area contributed by atoms with E-state index < -0.39 is 13.8 Å². The summed E-state index contributed by atoms with van der Waals surface area (Å²) >= 11 is 0. The molecular weight excluding hydrogens is 283 g/mol. The topological polar surface area (TPSA) is 71.1 Å². The molecule has 0 spiro atoms. The fourth-order valence-electron chi connectivity index (χ4n) is 2.11. The Morgan fingerprint density at radius 2 is 1.80 bits per heavy atom. The summed E-state index contributed by atoms with van der Waals surface area (Å²) in [5.41, 5.74) is 0. The lowest BCUT2D eigenvalue weighted by Crippen LogP contribution is -2.15. The summed E-state index contributed by atoms with van der Waals surface area (Å²) in [6.45, 7) is 1.92. The van der Waals surface area contributed by atoms with Gasteiger partial charge < -0.3 is 9.26 Å². The largest absolute Gasteiger partial charge is 0.529 e. The molecule has 0 aromatic carbocycles. The maximum Gasteiger partial charge on any atom is 0.529 e. The Hall–Kier alpha value is -0.840. The third-order valence-electron chi connectivity index (χ3n) is 3.21. The fourth-order valence-corrected chi connectivity index (χ4v) is 2.82. The van der Waals surface area contributed by atoms with E-state index in [0.717, 1.165) is 18.9 Å². The molecule has 0 amide bonds. The second-order valence-corrected chi connectivity index (χ2v) is 6.60. The number of ether oxygens (including phenoxy) is 1. The molecule has 0 radical (unpaired) electrons. The Morgan fingerprint density at radius 3 is 2.35 bits per heavy atom. The number of carbonyl (C=O) groups is 1. The van der Waals surface area contributed by atoms with Crippen LogP contribution in [0.4, 0.5) is 0 Å². The molecule has 0 atom stereocenters. The van der Waals surface area contributed by atoms with Crippen LogP contribution >= 0.6 is 7.82 Å². The predicted octanol–water partition coefficient (Wildman–Crippen LogP) is 3.43. The molecular formula is C13H23O6P. The molecule has 6 nitrogen and oxygen atoms in total. The molecule has 0 N–H and O–H groups in total. The zero-order valence-electron chi connectivity index (χ0n) is 12.3. The summed E-state index contributed by atoms with van der Waals surface area (Å²) in [5.74, 6) is 0.0730. The summed E-state index contributed by atoms with van der Waals surface area (Å²) in [4.78, 5) is 11.6. The van der Waals surface area contributed by atoms with Gasteiger partial charge in [-0.2, -0.15) is 0 Å². The maximum absolute atomic E-state index is 11.7. The van der Waals surface area contributed by atoms with Gasteiger partial charge in [-0.15, -0.1) is 0 Å². The monoisotopic (exact) mass is 306 g/mol. The standard InChI is InChI=1S/C13H23O6P/c1-11(19-20(15,16-2)17-3)9-13(14)18-10-12-7-5-4-6-8-12/h9,12H,4-8,10H2,1-3H3/b11-9+. The highest BCUT2D eigenvalue weighted by atomic mass is 31.2. The van der Waals surface area contributed by atoms with Crippen molar-refractivity contribution in [3.63, 3.8) is 0 Å². The molecule has 1 aliphatic carbocycles. The van der Waals surface area contributed by atoms with E-state index in [-0.39, 0.29) is 5.76 Å². The van der Waals surface area contributed by atoms with Crippen molar-refractivity contribution in [1.29, 1.82) is 0 Å². The lowest BCUT2D eigenvalue weighted by atomic mass is 9.90. The van der Waals surface area contributed by atoms with Gasteiger partial charge >= 0.3 is 13.8 Å². The summed E-state index contributed by atoms with van der Waals surface area (Å²) in [7, 11) is -1.20. The van der Waals surface area contributed by atoms with Crippen molar-refractivity contribution in [3.05, 3.63) is 11.8 Å². The van der Waals surface area contributed by atoms with Gasteiger partial charge in [-0.05, 0) is 25.7 Å². The van der Waals surface area contributed by atoms with Gasteiger partial charge in [-0.1, -0.05) is 19.3 Å². The van der Waals surface area contributed by atoms with Gasteiger partial charge in [0.25, 0.3) is 0 Å². The van der Waals surface area contributed by atoms with Crippen LogP contribution in [0, 0.1) is 5.92 Å². The van der Waals surface area contributed by atoms with Gasteiger partial charge in [-0.3, -0.25) is 9.05 Å². The van der Waals surface area contributed by atoms with Crippen molar-refractivity contribution >= 4 is 13.8 Å². The number of hydrogen-bond donors (Lipinski definition) is 0. The number of phosphoric ester groups is 1. The minimum Gasteiger partial charge on any atom is -0.462 e. The quantitative estimate of drug-likeness (QED) is 0.310. The summed E-state index contributed by atoms with van der Waals surface area (Å²) in [6.07, 6.45) is 7.02. The summed E-state index contributed by atoms with van der Waals surface area (Å²) in [5, 5.41) is 0. The van der Waals surface area contributed by atoms with Crippen LogP contribution in [0.1, 0.15) is 39.0 Å². The summed E-state index contributed by atoms with van der Waals surface area (Å²) in [6, 6.07) is 0. The van der Waals surface area contributed by atoms with Gasteiger partial charge in [0.2, 0.25) is 0 Å². The van der Waals surface area contributed by atoms with Crippen LogP contribution in [0.3, 0.4) is 0 Å². The lowest BCUT2D eigenvalue weighted by molar-refractivity contribution is -0.139. The molecule has 1 rings (SSSR count). The molecule has 7 heteroatoms. The lowest BCUT2D eigenvalue weighted by Gasteiger charge is -2.20. The van der Waals surface area contributed by atoms with Gasteiger partial charge in [0.15, 0.2) is 0 Å². The Bertz CT molecular complexity index is 378. The molecule has 1 aliphatic rings. The van der Waals surface area contributed by atoms with Crippen molar-refractivity contribution in [2.75, 3.05) is 20.8 Å². The van der Waals surface area contributed by atoms with Crippen LogP contribution in [0.2, 0.25) is 0 Å². The minimum atomic E-state index is -3.61. The highest BCUT2D eigenvalue weighted by molar-refractivity contribution is 7.48. The average Bonchev–Trinajstić information content (AvgIpc) is 2.46. The Balaban J connectivity index is 2.39. The molecule has 116 valence electrons. The van der Waals surface area contributed by atoms with Crippen LogP contribution in [0.5, 0.6) is 0 Å². The molecule has 1 saturated carbocycles. The van der Waals surface area contributed by atoms with Crippen molar-refractivity contribution < 1.29 is 27.7 Å². The highest BCUT2D eigenvalue weighted by Crippen LogP contribution is 2.49. The number of phosphoric acid groups is 1. The van der Waals surface area contributed by atoms with E-state index in [1.807, 2.05) is 0 Å². The van der Waals surface area contributed by atoms with E-state index in [4.69, 9.17) is 9.26 Å². The third-order valence-corrected chi connectivity index (χ3v) is 4.62. The Kier molecular flexibility index (Phi) is 7.27. The maximum atomic E-state index is 11.7. The molecule has 0 bridgehead atoms. The van der Waals surface area contributed by atoms with Crippen LogP contribution in [0.25, 0.3) is 0 Å². The van der Waals surface area contributed by atoms with E-state index in [1.54, 1.807) is 0 Å². The Labute approximate surface area is 120 Å². The van der Waals surface area contributed by atoms with Crippen molar-refractivity contribution in [2.45, 2.75) is 39.0 Å². The zero-order chi connectivity index (χ0) is 15.0. The van der Waals surface area contributed by atoms with Crippen molar-refractivity contribution in [1.82, 2.24) is 0 Å². The van der Waals surface area contributed by atoms with E-state index in [9.17, 15) is 9.36 Å².